The van der Waals surface area contributed by atoms with Crippen LogP contribution in [0.5, 0.6) is 0 Å². The molecule has 0 aliphatic carbocycles. The second kappa shape index (κ2) is 8.36. The number of carbonyl (C=O) groups excluding carboxylic acids is 1. The molecule has 2 aromatic rings. The van der Waals surface area contributed by atoms with Crippen molar-refractivity contribution < 1.29 is 4.79 Å². The third-order valence-corrected chi connectivity index (χ3v) is 6.72. The second-order valence-corrected chi connectivity index (χ2v) is 8.63. The second-order valence-electron chi connectivity index (χ2n) is 6.38. The monoisotopic (exact) mass is 378 g/mol. The lowest BCUT2D eigenvalue weighted by Gasteiger charge is -2.36. The van der Waals surface area contributed by atoms with Crippen LogP contribution in [0.25, 0.3) is 10.7 Å². The van der Waals surface area contributed by atoms with E-state index >= 15 is 0 Å². The molecule has 0 aromatic carbocycles. The lowest BCUT2D eigenvalue weighted by molar-refractivity contribution is -0.134. The molecule has 5 nitrogen and oxygen atoms in total. The predicted molar refractivity (Wildman–Crippen MR) is 104 cm³/mol. The van der Waals surface area contributed by atoms with E-state index in [9.17, 15) is 4.79 Å². The number of thiophene rings is 1. The van der Waals surface area contributed by atoms with Crippen LogP contribution in [0.15, 0.2) is 22.7 Å². The first-order valence-corrected chi connectivity index (χ1v) is 10.9. The molecule has 0 radical (unpaired) electrons. The number of thioether (sulfide) groups is 1. The number of hydrogen-bond donors (Lipinski definition) is 0. The van der Waals surface area contributed by atoms with Crippen molar-refractivity contribution in [3.05, 3.63) is 17.5 Å². The fourth-order valence-corrected chi connectivity index (χ4v) is 5.11. The van der Waals surface area contributed by atoms with Crippen LogP contribution in [0.3, 0.4) is 0 Å². The van der Waals surface area contributed by atoms with Crippen molar-refractivity contribution in [2.75, 3.05) is 6.54 Å². The van der Waals surface area contributed by atoms with Crippen LogP contribution in [-0.2, 0) is 11.3 Å². The van der Waals surface area contributed by atoms with Gasteiger partial charge in [-0.15, -0.1) is 21.5 Å². The molecule has 25 heavy (non-hydrogen) atoms. The topological polar surface area (TPSA) is 51.0 Å². The Morgan fingerprint density at radius 2 is 2.24 bits per heavy atom. The number of nitrogens with zero attached hydrogens (tertiary/aromatic N) is 4. The zero-order chi connectivity index (χ0) is 17.8. The number of likely N-dealkylation sites (tertiary alicyclic amines) is 1. The summed E-state index contributed by atoms with van der Waals surface area (Å²) >= 11 is 3.19. The first kappa shape index (κ1) is 18.5. The maximum Gasteiger partial charge on any atom is 0.236 e. The Bertz CT molecular complexity index is 698. The summed E-state index contributed by atoms with van der Waals surface area (Å²) in [6, 6.07) is 4.48. The minimum Gasteiger partial charge on any atom is -0.339 e. The van der Waals surface area contributed by atoms with Crippen LogP contribution in [-0.4, -0.2) is 43.4 Å². The summed E-state index contributed by atoms with van der Waals surface area (Å²) in [6.07, 6.45) is 4.52. The Morgan fingerprint density at radius 1 is 1.40 bits per heavy atom. The average Bonchev–Trinajstić information content (AvgIpc) is 3.30. The molecule has 0 saturated carbocycles. The van der Waals surface area contributed by atoms with E-state index in [4.69, 9.17) is 0 Å². The van der Waals surface area contributed by atoms with Crippen LogP contribution in [0.4, 0.5) is 0 Å². The third-order valence-electron chi connectivity index (χ3n) is 4.79. The van der Waals surface area contributed by atoms with Gasteiger partial charge in [-0.05, 0) is 51.0 Å². The van der Waals surface area contributed by atoms with Gasteiger partial charge in [0.05, 0.1) is 10.1 Å². The first-order valence-electron chi connectivity index (χ1n) is 9.09. The van der Waals surface area contributed by atoms with E-state index in [0.717, 1.165) is 48.2 Å². The number of rotatable bonds is 6. The van der Waals surface area contributed by atoms with Gasteiger partial charge in [0.1, 0.15) is 0 Å². The summed E-state index contributed by atoms with van der Waals surface area (Å²) in [5, 5.41) is 11.5. The zero-order valence-electron chi connectivity index (χ0n) is 15.1. The van der Waals surface area contributed by atoms with Gasteiger partial charge < -0.3 is 9.47 Å². The fourth-order valence-electron chi connectivity index (χ4n) is 3.41. The number of carbonyl (C=O) groups is 1. The molecule has 3 rings (SSSR count). The maximum atomic E-state index is 13.0. The lowest BCUT2D eigenvalue weighted by Crippen LogP contribution is -2.46. The van der Waals surface area contributed by atoms with Crippen LogP contribution < -0.4 is 0 Å². The number of amides is 1. The highest BCUT2D eigenvalue weighted by Crippen LogP contribution is 2.31. The van der Waals surface area contributed by atoms with Crippen molar-refractivity contribution in [1.82, 2.24) is 19.7 Å². The highest BCUT2D eigenvalue weighted by atomic mass is 32.2. The fraction of sp³-hybridized carbons (Fsp3) is 0.611. The summed E-state index contributed by atoms with van der Waals surface area (Å²) in [7, 11) is 0. The summed E-state index contributed by atoms with van der Waals surface area (Å²) in [4.78, 5) is 16.2. The molecule has 3 heterocycles. The SMILES string of the molecule is CCC1CCCCN1C(=O)C(C)Sc1nnc(-c2cccs2)n1CC. The van der Waals surface area contributed by atoms with E-state index in [1.807, 2.05) is 18.4 Å². The number of hydrogen-bond acceptors (Lipinski definition) is 5. The highest BCUT2D eigenvalue weighted by Gasteiger charge is 2.30. The van der Waals surface area contributed by atoms with Gasteiger partial charge in [-0.1, -0.05) is 24.8 Å². The van der Waals surface area contributed by atoms with E-state index < -0.39 is 0 Å². The zero-order valence-corrected chi connectivity index (χ0v) is 16.8. The molecule has 1 saturated heterocycles. The van der Waals surface area contributed by atoms with Gasteiger partial charge in [0.25, 0.3) is 0 Å². The van der Waals surface area contributed by atoms with E-state index in [1.54, 1.807) is 11.3 Å². The molecule has 2 atom stereocenters. The van der Waals surface area contributed by atoms with Crippen LogP contribution >= 0.6 is 23.1 Å². The molecule has 1 fully saturated rings. The smallest absolute Gasteiger partial charge is 0.236 e. The van der Waals surface area contributed by atoms with E-state index in [-0.39, 0.29) is 11.2 Å². The molecule has 1 aliphatic heterocycles. The summed E-state index contributed by atoms with van der Waals surface area (Å²) in [5.41, 5.74) is 0. The molecule has 2 aromatic heterocycles. The Morgan fingerprint density at radius 3 is 2.92 bits per heavy atom. The van der Waals surface area contributed by atoms with Crippen molar-refractivity contribution in [2.45, 2.75) is 69.4 Å². The molecule has 1 aliphatic rings. The Kier molecular flexibility index (Phi) is 6.17. The minimum atomic E-state index is -0.141. The van der Waals surface area contributed by atoms with Gasteiger partial charge in [0, 0.05) is 19.1 Å². The Hall–Kier alpha value is -1.34. The normalized spacial score (nSPS) is 19.2. The molecular weight excluding hydrogens is 352 g/mol. The van der Waals surface area contributed by atoms with E-state index in [1.165, 1.54) is 18.2 Å². The quantitative estimate of drug-likeness (QED) is 0.703. The Balaban J connectivity index is 1.74. The Labute approximate surface area is 157 Å². The number of aromatic nitrogens is 3. The summed E-state index contributed by atoms with van der Waals surface area (Å²) in [5.74, 6) is 1.13. The van der Waals surface area contributed by atoms with Gasteiger partial charge in [0.15, 0.2) is 11.0 Å². The molecule has 2 unspecified atom stereocenters. The molecule has 0 N–H and O–H groups in total. The molecular formula is C18H26N4OS2. The van der Waals surface area contributed by atoms with Crippen molar-refractivity contribution >= 4 is 29.0 Å². The number of piperidine rings is 1. The average molecular weight is 379 g/mol. The van der Waals surface area contributed by atoms with Crippen LogP contribution in [0.1, 0.15) is 46.5 Å². The molecule has 136 valence electrons. The summed E-state index contributed by atoms with van der Waals surface area (Å²) in [6.45, 7) is 7.95. The standard InChI is InChI=1S/C18H26N4OS2/c1-4-14-9-6-7-11-22(14)17(23)13(3)25-18-20-19-16(21(18)5-2)15-10-8-12-24-15/h8,10,12-14H,4-7,9,11H2,1-3H3. The van der Waals surface area contributed by atoms with Gasteiger partial charge in [-0.25, -0.2) is 0 Å². The van der Waals surface area contributed by atoms with Crippen LogP contribution in [0, 0.1) is 0 Å². The minimum absolute atomic E-state index is 0.141. The summed E-state index contributed by atoms with van der Waals surface area (Å²) < 4.78 is 2.10. The van der Waals surface area contributed by atoms with Crippen molar-refractivity contribution in [3.8, 4) is 10.7 Å². The third kappa shape index (κ3) is 3.92. The van der Waals surface area contributed by atoms with Gasteiger partial charge >= 0.3 is 0 Å². The van der Waals surface area contributed by atoms with E-state index in [2.05, 4.69) is 39.6 Å². The maximum absolute atomic E-state index is 13.0. The van der Waals surface area contributed by atoms with Gasteiger partial charge in [-0.3, -0.25) is 4.79 Å². The predicted octanol–water partition coefficient (Wildman–Crippen LogP) is 4.30. The molecule has 1 amide bonds. The van der Waals surface area contributed by atoms with Crippen molar-refractivity contribution in [2.24, 2.45) is 0 Å². The highest BCUT2D eigenvalue weighted by molar-refractivity contribution is 8.00. The van der Waals surface area contributed by atoms with Crippen LogP contribution in [0.2, 0.25) is 0 Å². The lowest BCUT2D eigenvalue weighted by atomic mass is 10.00. The van der Waals surface area contributed by atoms with Crippen molar-refractivity contribution in [1.29, 1.82) is 0 Å². The van der Waals surface area contributed by atoms with Crippen molar-refractivity contribution in [3.63, 3.8) is 0 Å². The van der Waals surface area contributed by atoms with Gasteiger partial charge in [-0.2, -0.15) is 0 Å². The first-order chi connectivity index (χ1) is 12.2. The molecule has 0 spiro atoms. The molecule has 0 bridgehead atoms. The van der Waals surface area contributed by atoms with Gasteiger partial charge in [0.2, 0.25) is 5.91 Å². The molecule has 7 heteroatoms. The largest absolute Gasteiger partial charge is 0.339 e. The van der Waals surface area contributed by atoms with E-state index in [0.29, 0.717) is 6.04 Å².